The number of carbonyl (C=O) groups excluding carboxylic acids is 1. The number of hydrogen-bond acceptors (Lipinski definition) is 5. The van der Waals surface area contributed by atoms with E-state index in [0.29, 0.717) is 17.9 Å². The molecule has 0 bridgehead atoms. The van der Waals surface area contributed by atoms with Crippen molar-refractivity contribution < 1.29 is 17.9 Å². The van der Waals surface area contributed by atoms with Crippen LogP contribution in [0, 0.1) is 0 Å². The van der Waals surface area contributed by atoms with Crippen molar-refractivity contribution in [2.24, 2.45) is 0 Å². The maximum absolute atomic E-state index is 11.9. The molecule has 0 aliphatic heterocycles. The predicted molar refractivity (Wildman–Crippen MR) is 89.4 cm³/mol. The van der Waals surface area contributed by atoms with Crippen molar-refractivity contribution in [3.63, 3.8) is 0 Å². The molecule has 0 atom stereocenters. The van der Waals surface area contributed by atoms with E-state index in [1.807, 2.05) is 0 Å². The van der Waals surface area contributed by atoms with Crippen molar-refractivity contribution in [3.05, 3.63) is 54.4 Å². The fourth-order valence-corrected chi connectivity index (χ4v) is 2.75. The fraction of sp³-hybridized carbons (Fsp3) is 0.250. The molecule has 0 aliphatic carbocycles. The summed E-state index contributed by atoms with van der Waals surface area (Å²) >= 11 is 0. The maximum atomic E-state index is 11.9. The van der Waals surface area contributed by atoms with E-state index in [1.54, 1.807) is 30.5 Å². The quantitative estimate of drug-likeness (QED) is 0.757. The number of nitrogens with one attached hydrogen (secondary N) is 1. The zero-order chi connectivity index (χ0) is 17.6. The monoisotopic (exact) mass is 349 g/mol. The number of sulfonamides is 1. The van der Waals surface area contributed by atoms with Gasteiger partial charge in [-0.1, -0.05) is 0 Å². The average molecular weight is 349 g/mol. The molecule has 1 aromatic heterocycles. The first kappa shape index (κ1) is 17.9. The minimum absolute atomic E-state index is 0.199. The van der Waals surface area contributed by atoms with E-state index in [2.05, 4.69) is 10.3 Å². The van der Waals surface area contributed by atoms with Crippen molar-refractivity contribution in [1.29, 1.82) is 0 Å². The lowest BCUT2D eigenvalue weighted by Gasteiger charge is -2.12. The number of aromatic nitrogens is 1. The SMILES string of the molecule is CN(C)S(=O)(=O)c1ccc(OCCNC(=O)c2cccnc2)cc1. The van der Waals surface area contributed by atoms with Gasteiger partial charge in [0.25, 0.3) is 5.91 Å². The van der Waals surface area contributed by atoms with Crippen LogP contribution < -0.4 is 10.1 Å². The van der Waals surface area contributed by atoms with Gasteiger partial charge in [-0.3, -0.25) is 9.78 Å². The molecule has 0 spiro atoms. The van der Waals surface area contributed by atoms with Crippen LogP contribution in [0.15, 0.2) is 53.7 Å². The second-order valence-electron chi connectivity index (χ2n) is 5.10. The lowest BCUT2D eigenvalue weighted by molar-refractivity contribution is 0.0946. The van der Waals surface area contributed by atoms with Gasteiger partial charge in [0.05, 0.1) is 17.0 Å². The molecule has 7 nitrogen and oxygen atoms in total. The molecule has 0 saturated heterocycles. The van der Waals surface area contributed by atoms with Crippen LogP contribution in [0.1, 0.15) is 10.4 Å². The van der Waals surface area contributed by atoms with E-state index in [0.717, 1.165) is 4.31 Å². The summed E-state index contributed by atoms with van der Waals surface area (Å²) < 4.78 is 30.5. The summed E-state index contributed by atoms with van der Waals surface area (Å²) in [5, 5.41) is 2.71. The van der Waals surface area contributed by atoms with Gasteiger partial charge in [-0.2, -0.15) is 0 Å². The molecular formula is C16H19N3O4S. The normalized spacial score (nSPS) is 11.3. The van der Waals surface area contributed by atoms with Crippen LogP contribution in [0.25, 0.3) is 0 Å². The highest BCUT2D eigenvalue weighted by atomic mass is 32.2. The van der Waals surface area contributed by atoms with E-state index >= 15 is 0 Å². The molecule has 2 rings (SSSR count). The summed E-state index contributed by atoms with van der Waals surface area (Å²) in [6.07, 6.45) is 3.08. The zero-order valence-corrected chi connectivity index (χ0v) is 14.3. The van der Waals surface area contributed by atoms with Crippen LogP contribution in [0.3, 0.4) is 0 Å². The molecular weight excluding hydrogens is 330 g/mol. The molecule has 0 radical (unpaired) electrons. The minimum atomic E-state index is -3.45. The first-order valence-electron chi connectivity index (χ1n) is 7.25. The Kier molecular flexibility index (Phi) is 5.88. The number of nitrogens with zero attached hydrogens (tertiary/aromatic N) is 2. The van der Waals surface area contributed by atoms with Gasteiger partial charge < -0.3 is 10.1 Å². The third-order valence-electron chi connectivity index (χ3n) is 3.18. The topological polar surface area (TPSA) is 88.6 Å². The van der Waals surface area contributed by atoms with Crippen molar-refractivity contribution >= 4 is 15.9 Å². The van der Waals surface area contributed by atoms with Crippen LogP contribution in [0.5, 0.6) is 5.75 Å². The first-order valence-corrected chi connectivity index (χ1v) is 8.69. The van der Waals surface area contributed by atoms with Crippen LogP contribution in [0.2, 0.25) is 0 Å². The van der Waals surface area contributed by atoms with Gasteiger partial charge in [-0.15, -0.1) is 0 Å². The summed E-state index contributed by atoms with van der Waals surface area (Å²) in [6.45, 7) is 0.594. The second kappa shape index (κ2) is 7.89. The Morgan fingerprint density at radius 1 is 1.21 bits per heavy atom. The molecule has 24 heavy (non-hydrogen) atoms. The minimum Gasteiger partial charge on any atom is -0.492 e. The number of hydrogen-bond donors (Lipinski definition) is 1. The number of rotatable bonds is 7. The van der Waals surface area contributed by atoms with Crippen LogP contribution >= 0.6 is 0 Å². The van der Waals surface area contributed by atoms with Gasteiger partial charge in [0.1, 0.15) is 12.4 Å². The number of amides is 1. The van der Waals surface area contributed by atoms with Gasteiger partial charge in [0.15, 0.2) is 0 Å². The highest BCUT2D eigenvalue weighted by Gasteiger charge is 2.16. The Morgan fingerprint density at radius 2 is 1.92 bits per heavy atom. The van der Waals surface area contributed by atoms with Crippen molar-refractivity contribution in [1.82, 2.24) is 14.6 Å². The Hall–Kier alpha value is -2.45. The number of carbonyl (C=O) groups is 1. The lowest BCUT2D eigenvalue weighted by atomic mass is 10.3. The molecule has 1 N–H and O–H groups in total. The van der Waals surface area contributed by atoms with Crippen molar-refractivity contribution in [3.8, 4) is 5.75 Å². The highest BCUT2D eigenvalue weighted by molar-refractivity contribution is 7.89. The fourth-order valence-electron chi connectivity index (χ4n) is 1.85. The molecule has 0 unspecified atom stereocenters. The maximum Gasteiger partial charge on any atom is 0.252 e. The molecule has 1 aromatic carbocycles. The molecule has 1 amide bonds. The van der Waals surface area contributed by atoms with Crippen LogP contribution in [-0.4, -0.2) is 50.9 Å². The van der Waals surface area contributed by atoms with Crippen LogP contribution in [0.4, 0.5) is 0 Å². The standard InChI is InChI=1S/C16H19N3O4S/c1-19(2)24(21,22)15-7-5-14(6-8-15)23-11-10-18-16(20)13-4-3-9-17-12-13/h3-9,12H,10-11H2,1-2H3,(H,18,20). The van der Waals surface area contributed by atoms with E-state index in [4.69, 9.17) is 4.74 Å². The van der Waals surface area contributed by atoms with Gasteiger partial charge in [0, 0.05) is 26.5 Å². The lowest BCUT2D eigenvalue weighted by Crippen LogP contribution is -2.28. The Bertz CT molecular complexity index is 775. The smallest absolute Gasteiger partial charge is 0.252 e. The van der Waals surface area contributed by atoms with Gasteiger partial charge in [-0.05, 0) is 36.4 Å². The van der Waals surface area contributed by atoms with Crippen molar-refractivity contribution in [2.75, 3.05) is 27.2 Å². The van der Waals surface area contributed by atoms with Crippen molar-refractivity contribution in [2.45, 2.75) is 4.90 Å². The summed E-state index contributed by atoms with van der Waals surface area (Å²) in [5.41, 5.74) is 0.482. The molecule has 128 valence electrons. The Labute approximate surface area is 141 Å². The zero-order valence-electron chi connectivity index (χ0n) is 13.5. The summed E-state index contributed by atoms with van der Waals surface area (Å²) in [5.74, 6) is 0.308. The van der Waals surface area contributed by atoms with Gasteiger partial charge in [0.2, 0.25) is 10.0 Å². The first-order chi connectivity index (χ1) is 11.4. The summed E-state index contributed by atoms with van der Waals surface area (Å²) in [7, 11) is -0.492. The number of benzene rings is 1. The van der Waals surface area contributed by atoms with Gasteiger partial charge >= 0.3 is 0 Å². The molecule has 2 aromatic rings. The summed E-state index contributed by atoms with van der Waals surface area (Å²) in [6, 6.07) is 9.50. The van der Waals surface area contributed by atoms with E-state index in [1.165, 1.54) is 32.4 Å². The number of pyridine rings is 1. The predicted octanol–water partition coefficient (Wildman–Crippen LogP) is 1.14. The largest absolute Gasteiger partial charge is 0.492 e. The Balaban J connectivity index is 1.82. The third-order valence-corrected chi connectivity index (χ3v) is 5.01. The van der Waals surface area contributed by atoms with E-state index in [9.17, 15) is 13.2 Å². The van der Waals surface area contributed by atoms with E-state index in [-0.39, 0.29) is 17.4 Å². The van der Waals surface area contributed by atoms with E-state index < -0.39 is 10.0 Å². The molecule has 0 saturated carbocycles. The average Bonchev–Trinajstić information content (AvgIpc) is 2.59. The van der Waals surface area contributed by atoms with Crippen LogP contribution in [-0.2, 0) is 10.0 Å². The molecule has 1 heterocycles. The highest BCUT2D eigenvalue weighted by Crippen LogP contribution is 2.17. The summed E-state index contributed by atoms with van der Waals surface area (Å²) in [4.78, 5) is 15.9. The number of ether oxygens (including phenoxy) is 1. The third kappa shape index (κ3) is 4.53. The second-order valence-corrected chi connectivity index (χ2v) is 7.26. The van der Waals surface area contributed by atoms with Gasteiger partial charge in [-0.25, -0.2) is 12.7 Å². The molecule has 0 fully saturated rings. The molecule has 0 aliphatic rings. The molecule has 8 heteroatoms. The Morgan fingerprint density at radius 3 is 2.50 bits per heavy atom.